The Bertz CT molecular complexity index is 524. The van der Waals surface area contributed by atoms with Gasteiger partial charge in [0.05, 0.1) is 0 Å². The highest BCUT2D eigenvalue weighted by atomic mass is 16.3. The second-order valence-electron chi connectivity index (χ2n) is 3.58. The molecule has 1 aromatic heterocycles. The minimum Gasteiger partial charge on any atom is -0.367 e. The molecule has 1 N–H and O–H groups in total. The molecule has 0 bridgehead atoms. The summed E-state index contributed by atoms with van der Waals surface area (Å²) in [5, 5.41) is 10.5. The monoisotopic (exact) mass is 212 g/mol. The fourth-order valence-electron chi connectivity index (χ4n) is 1.67. The lowest BCUT2D eigenvalue weighted by atomic mass is 9.94. The van der Waals surface area contributed by atoms with Gasteiger partial charge in [0.1, 0.15) is 0 Å². The van der Waals surface area contributed by atoms with Crippen molar-refractivity contribution in [3.8, 4) is 12.3 Å². The third-order valence-electron chi connectivity index (χ3n) is 2.55. The van der Waals surface area contributed by atoms with Crippen LogP contribution in [0.1, 0.15) is 11.4 Å². The maximum Gasteiger partial charge on any atom is 0.209 e. The summed E-state index contributed by atoms with van der Waals surface area (Å²) in [6.07, 6.45) is 8.81. The molecule has 0 spiro atoms. The van der Waals surface area contributed by atoms with Crippen molar-refractivity contribution in [1.29, 1.82) is 0 Å². The van der Waals surface area contributed by atoms with Crippen LogP contribution in [0.5, 0.6) is 0 Å². The van der Waals surface area contributed by atoms with Gasteiger partial charge < -0.3 is 9.67 Å². The van der Waals surface area contributed by atoms with E-state index in [1.165, 1.54) is 0 Å². The van der Waals surface area contributed by atoms with Crippen molar-refractivity contribution in [2.24, 2.45) is 7.05 Å². The van der Waals surface area contributed by atoms with E-state index in [9.17, 15) is 5.11 Å². The van der Waals surface area contributed by atoms with Crippen LogP contribution >= 0.6 is 0 Å². The van der Waals surface area contributed by atoms with E-state index in [1.807, 2.05) is 18.2 Å². The molecule has 2 rings (SSSR count). The highest BCUT2D eigenvalue weighted by Crippen LogP contribution is 2.26. The van der Waals surface area contributed by atoms with E-state index in [0.29, 0.717) is 11.4 Å². The van der Waals surface area contributed by atoms with Gasteiger partial charge in [0.25, 0.3) is 0 Å². The highest BCUT2D eigenvalue weighted by Gasteiger charge is 2.32. The minimum absolute atomic E-state index is 0.446. The summed E-state index contributed by atoms with van der Waals surface area (Å²) in [5.74, 6) is 2.86. The minimum atomic E-state index is -1.47. The van der Waals surface area contributed by atoms with E-state index in [1.54, 1.807) is 36.1 Å². The average Bonchev–Trinajstić information content (AvgIpc) is 2.76. The van der Waals surface area contributed by atoms with Crippen LogP contribution in [0.3, 0.4) is 0 Å². The van der Waals surface area contributed by atoms with E-state index in [0.717, 1.165) is 0 Å². The molecule has 0 aliphatic rings. The molecule has 16 heavy (non-hydrogen) atoms. The van der Waals surface area contributed by atoms with Crippen LogP contribution in [0.2, 0.25) is 0 Å². The van der Waals surface area contributed by atoms with Gasteiger partial charge in [0.15, 0.2) is 5.82 Å². The van der Waals surface area contributed by atoms with Gasteiger partial charge in [-0.2, -0.15) is 0 Å². The number of nitrogens with zero attached hydrogens (tertiary/aromatic N) is 2. The first-order valence-electron chi connectivity index (χ1n) is 4.92. The van der Waals surface area contributed by atoms with Gasteiger partial charge in [-0.3, -0.25) is 0 Å². The standard InChI is InChI=1S/C13H12N2O/c1-3-13(16,11-7-5-4-6-8-11)12-14-9-10-15(12)2/h1,4-10,16H,2H3. The van der Waals surface area contributed by atoms with Gasteiger partial charge in [0, 0.05) is 25.0 Å². The molecule has 3 nitrogen and oxygen atoms in total. The fraction of sp³-hybridized carbons (Fsp3) is 0.154. The molecule has 1 aromatic carbocycles. The zero-order valence-corrected chi connectivity index (χ0v) is 8.96. The molecule has 0 aliphatic heterocycles. The van der Waals surface area contributed by atoms with Gasteiger partial charge in [-0.05, 0) is 0 Å². The summed E-state index contributed by atoms with van der Waals surface area (Å²) in [6.45, 7) is 0. The molecule has 0 saturated carbocycles. The molecular weight excluding hydrogens is 200 g/mol. The van der Waals surface area contributed by atoms with Crippen molar-refractivity contribution in [2.75, 3.05) is 0 Å². The lowest BCUT2D eigenvalue weighted by Crippen LogP contribution is -2.28. The number of hydrogen-bond donors (Lipinski definition) is 1. The third-order valence-corrected chi connectivity index (χ3v) is 2.55. The second-order valence-corrected chi connectivity index (χ2v) is 3.58. The van der Waals surface area contributed by atoms with Gasteiger partial charge in [-0.1, -0.05) is 36.3 Å². The highest BCUT2D eigenvalue weighted by molar-refractivity contribution is 5.38. The molecule has 0 fully saturated rings. The van der Waals surface area contributed by atoms with Crippen molar-refractivity contribution in [3.63, 3.8) is 0 Å². The maximum atomic E-state index is 10.5. The number of aliphatic hydroxyl groups is 1. The molecule has 3 heteroatoms. The SMILES string of the molecule is C#CC(O)(c1ccccc1)c1nccn1C. The summed E-state index contributed by atoms with van der Waals surface area (Å²) >= 11 is 0. The van der Waals surface area contributed by atoms with E-state index in [-0.39, 0.29) is 0 Å². The van der Waals surface area contributed by atoms with Crippen LogP contribution in [-0.2, 0) is 12.6 Å². The number of hydrogen-bond acceptors (Lipinski definition) is 2. The zero-order chi connectivity index (χ0) is 11.6. The Balaban J connectivity index is 2.59. The topological polar surface area (TPSA) is 38.1 Å². The van der Waals surface area contributed by atoms with E-state index >= 15 is 0 Å². The Morgan fingerprint density at radius 2 is 2.06 bits per heavy atom. The first kappa shape index (κ1) is 10.5. The largest absolute Gasteiger partial charge is 0.367 e. The van der Waals surface area contributed by atoms with Crippen LogP contribution in [0.25, 0.3) is 0 Å². The van der Waals surface area contributed by atoms with Crippen molar-refractivity contribution in [1.82, 2.24) is 9.55 Å². The summed E-state index contributed by atoms with van der Waals surface area (Å²) < 4.78 is 1.72. The molecular formula is C13H12N2O. The fourth-order valence-corrected chi connectivity index (χ4v) is 1.67. The van der Waals surface area contributed by atoms with E-state index < -0.39 is 5.60 Å². The van der Waals surface area contributed by atoms with Crippen LogP contribution in [0.15, 0.2) is 42.7 Å². The van der Waals surface area contributed by atoms with Gasteiger partial charge in [-0.15, -0.1) is 6.42 Å². The lowest BCUT2D eigenvalue weighted by molar-refractivity contribution is 0.132. The summed E-state index contributed by atoms with van der Waals surface area (Å²) in [4.78, 5) is 4.11. The molecule has 1 unspecified atom stereocenters. The Hall–Kier alpha value is -2.05. The third kappa shape index (κ3) is 1.50. The van der Waals surface area contributed by atoms with Crippen LogP contribution in [0, 0.1) is 12.3 Å². The summed E-state index contributed by atoms with van der Waals surface area (Å²) in [6, 6.07) is 9.11. The molecule has 1 heterocycles. The molecule has 1 atom stereocenters. The summed E-state index contributed by atoms with van der Waals surface area (Å²) in [7, 11) is 1.80. The normalized spacial score (nSPS) is 14.1. The van der Waals surface area contributed by atoms with Gasteiger partial charge in [-0.25, -0.2) is 4.98 Å². The van der Waals surface area contributed by atoms with Crippen molar-refractivity contribution in [2.45, 2.75) is 5.60 Å². The number of benzene rings is 1. The molecule has 80 valence electrons. The Kier molecular flexibility index (Phi) is 2.51. The smallest absolute Gasteiger partial charge is 0.209 e. The predicted molar refractivity (Wildman–Crippen MR) is 61.5 cm³/mol. The van der Waals surface area contributed by atoms with Crippen LogP contribution in [-0.4, -0.2) is 14.7 Å². The van der Waals surface area contributed by atoms with E-state index in [2.05, 4.69) is 10.9 Å². The Morgan fingerprint density at radius 1 is 1.38 bits per heavy atom. The van der Waals surface area contributed by atoms with Crippen molar-refractivity contribution >= 4 is 0 Å². The molecule has 2 aromatic rings. The number of imidazole rings is 1. The molecule has 0 aliphatic carbocycles. The number of aryl methyl sites for hydroxylation is 1. The number of rotatable bonds is 2. The lowest BCUT2D eigenvalue weighted by Gasteiger charge is -2.21. The Labute approximate surface area is 94.4 Å². The first-order valence-corrected chi connectivity index (χ1v) is 4.92. The summed E-state index contributed by atoms with van der Waals surface area (Å²) in [5.41, 5.74) is -0.828. The molecule has 0 amide bonds. The molecule has 0 radical (unpaired) electrons. The molecule has 0 saturated heterocycles. The van der Waals surface area contributed by atoms with Gasteiger partial charge >= 0.3 is 0 Å². The quantitative estimate of drug-likeness (QED) is 0.762. The zero-order valence-electron chi connectivity index (χ0n) is 8.96. The first-order chi connectivity index (χ1) is 7.68. The number of aromatic nitrogens is 2. The predicted octanol–water partition coefficient (Wildman–Crippen LogP) is 1.29. The van der Waals surface area contributed by atoms with Crippen molar-refractivity contribution in [3.05, 3.63) is 54.1 Å². The maximum absolute atomic E-state index is 10.5. The van der Waals surface area contributed by atoms with Crippen LogP contribution in [0.4, 0.5) is 0 Å². The number of terminal acetylenes is 1. The second kappa shape index (κ2) is 3.84. The van der Waals surface area contributed by atoms with Gasteiger partial charge in [0.2, 0.25) is 5.60 Å². The Morgan fingerprint density at radius 3 is 2.56 bits per heavy atom. The average molecular weight is 212 g/mol. The van der Waals surface area contributed by atoms with Crippen LogP contribution < -0.4 is 0 Å². The van der Waals surface area contributed by atoms with E-state index in [4.69, 9.17) is 6.42 Å². The van der Waals surface area contributed by atoms with Crippen molar-refractivity contribution < 1.29 is 5.11 Å².